The highest BCUT2D eigenvalue weighted by Gasteiger charge is 2.30. The number of likely N-dealkylation sites (N-methyl/N-ethyl adjacent to an activating group) is 1. The van der Waals surface area contributed by atoms with Crippen LogP contribution in [0.5, 0.6) is 0 Å². The Bertz CT molecular complexity index is 621. The zero-order valence-corrected chi connectivity index (χ0v) is 14.3. The first-order chi connectivity index (χ1) is 10.2. The van der Waals surface area contributed by atoms with Crippen LogP contribution in [0.3, 0.4) is 0 Å². The van der Waals surface area contributed by atoms with Crippen LogP contribution < -0.4 is 5.56 Å². The number of fused-ring (bicyclic) bond motifs is 1. The van der Waals surface area contributed by atoms with Gasteiger partial charge in [-0.2, -0.15) is 0 Å². The van der Waals surface area contributed by atoms with Crippen LogP contribution in [0.15, 0.2) is 16.0 Å². The number of hydrogen-bond acceptors (Lipinski definition) is 5. The number of aliphatic hydroxyl groups is 1. The molecule has 0 fully saturated rings. The van der Waals surface area contributed by atoms with E-state index in [9.17, 15) is 9.59 Å². The minimum absolute atomic E-state index is 0.0426. The van der Waals surface area contributed by atoms with Crippen molar-refractivity contribution >= 4 is 17.7 Å². The Balaban J connectivity index is 2.25. The Hall–Kier alpha value is -1.34. The van der Waals surface area contributed by atoms with Crippen LogP contribution in [0.2, 0.25) is 0 Å². The molecule has 122 valence electrons. The zero-order valence-electron chi connectivity index (χ0n) is 13.5. The molecule has 0 saturated carbocycles. The third kappa shape index (κ3) is 3.52. The average Bonchev–Trinajstić information content (AvgIpc) is 2.45. The lowest BCUT2D eigenvalue weighted by Crippen LogP contribution is -2.42. The lowest BCUT2D eigenvalue weighted by Gasteiger charge is -2.29. The highest BCUT2D eigenvalue weighted by molar-refractivity contribution is 7.99. The fraction of sp³-hybridized carbons (Fsp3) is 0.667. The number of aliphatic hydroxyl groups excluding tert-OH is 1. The van der Waals surface area contributed by atoms with Crippen LogP contribution in [0.4, 0.5) is 0 Å². The number of hydrogen-bond donors (Lipinski definition) is 1. The van der Waals surface area contributed by atoms with Crippen LogP contribution in [-0.4, -0.2) is 51.4 Å². The van der Waals surface area contributed by atoms with Crippen LogP contribution in [-0.2, 0) is 16.8 Å². The van der Waals surface area contributed by atoms with Crippen molar-refractivity contribution in [3.05, 3.63) is 22.1 Å². The second-order valence-electron chi connectivity index (χ2n) is 6.61. The van der Waals surface area contributed by atoms with Gasteiger partial charge in [0.05, 0.1) is 18.2 Å². The summed E-state index contributed by atoms with van der Waals surface area (Å²) >= 11 is 1.45. The Morgan fingerprint density at radius 2 is 2.23 bits per heavy atom. The molecule has 1 atom stereocenters. The fourth-order valence-corrected chi connectivity index (χ4v) is 3.40. The van der Waals surface area contributed by atoms with Crippen molar-refractivity contribution in [1.29, 1.82) is 0 Å². The summed E-state index contributed by atoms with van der Waals surface area (Å²) in [4.78, 5) is 30.7. The van der Waals surface area contributed by atoms with E-state index in [2.05, 4.69) is 4.98 Å². The topological polar surface area (TPSA) is 75.4 Å². The van der Waals surface area contributed by atoms with Crippen molar-refractivity contribution in [3.63, 3.8) is 0 Å². The molecule has 2 rings (SSSR count). The third-order valence-electron chi connectivity index (χ3n) is 3.72. The molecule has 2 heterocycles. The van der Waals surface area contributed by atoms with E-state index in [0.29, 0.717) is 24.0 Å². The molecule has 1 unspecified atom stereocenters. The number of nitrogens with zero attached hydrogens (tertiary/aromatic N) is 3. The highest BCUT2D eigenvalue weighted by Crippen LogP contribution is 2.28. The zero-order chi connectivity index (χ0) is 16.5. The van der Waals surface area contributed by atoms with Crippen LogP contribution in [0.25, 0.3) is 0 Å². The summed E-state index contributed by atoms with van der Waals surface area (Å²) < 4.78 is 1.58. The Labute approximate surface area is 134 Å². The molecular weight excluding hydrogens is 302 g/mol. The van der Waals surface area contributed by atoms with Crippen LogP contribution in [0.1, 0.15) is 26.5 Å². The van der Waals surface area contributed by atoms with Crippen LogP contribution >= 0.6 is 11.8 Å². The van der Waals surface area contributed by atoms with Crippen molar-refractivity contribution in [2.24, 2.45) is 5.92 Å². The minimum atomic E-state index is -0.256. The van der Waals surface area contributed by atoms with E-state index in [1.54, 1.807) is 17.7 Å². The molecule has 0 bridgehead atoms. The molecule has 1 aliphatic rings. The molecule has 0 aromatic carbocycles. The molecule has 0 saturated heterocycles. The number of carbonyl (C=O) groups is 1. The quantitative estimate of drug-likeness (QED) is 0.829. The van der Waals surface area contributed by atoms with Gasteiger partial charge in [0.15, 0.2) is 5.16 Å². The lowest BCUT2D eigenvalue weighted by molar-refractivity contribution is -0.134. The maximum Gasteiger partial charge on any atom is 0.254 e. The van der Waals surface area contributed by atoms with Gasteiger partial charge in [-0.05, 0) is 0 Å². The van der Waals surface area contributed by atoms with Gasteiger partial charge >= 0.3 is 0 Å². The summed E-state index contributed by atoms with van der Waals surface area (Å²) in [5.41, 5.74) is 0.492. The number of rotatable bonds is 3. The van der Waals surface area contributed by atoms with Crippen molar-refractivity contribution in [3.8, 4) is 0 Å². The van der Waals surface area contributed by atoms with Crippen molar-refractivity contribution in [2.45, 2.75) is 37.9 Å². The van der Waals surface area contributed by atoms with Gasteiger partial charge in [-0.15, -0.1) is 0 Å². The SMILES string of the molecule is CN(CCO)C(=O)C1CSc2nc(C(C)(C)C)cc(=O)n2C1. The maximum absolute atomic E-state index is 12.3. The Morgan fingerprint density at radius 1 is 1.55 bits per heavy atom. The first-order valence-electron chi connectivity index (χ1n) is 7.35. The van der Waals surface area contributed by atoms with Gasteiger partial charge in [-0.1, -0.05) is 32.5 Å². The number of carbonyl (C=O) groups excluding carboxylic acids is 1. The molecule has 1 aromatic heterocycles. The van der Waals surface area contributed by atoms with Gasteiger partial charge in [0.1, 0.15) is 0 Å². The molecule has 1 aliphatic heterocycles. The van der Waals surface area contributed by atoms with E-state index in [-0.39, 0.29) is 29.4 Å². The Morgan fingerprint density at radius 3 is 2.82 bits per heavy atom. The molecule has 1 aromatic rings. The van der Waals surface area contributed by atoms with E-state index in [4.69, 9.17) is 5.11 Å². The number of amides is 1. The normalized spacial score (nSPS) is 18.0. The maximum atomic E-state index is 12.3. The van der Waals surface area contributed by atoms with E-state index in [1.165, 1.54) is 16.7 Å². The summed E-state index contributed by atoms with van der Waals surface area (Å²) in [6.45, 7) is 6.67. The molecule has 22 heavy (non-hydrogen) atoms. The summed E-state index contributed by atoms with van der Waals surface area (Å²) in [5.74, 6) is 0.308. The molecule has 7 heteroatoms. The van der Waals surface area contributed by atoms with Crippen molar-refractivity contribution < 1.29 is 9.90 Å². The predicted molar refractivity (Wildman–Crippen MR) is 86.1 cm³/mol. The summed E-state index contributed by atoms with van der Waals surface area (Å²) in [5, 5.41) is 9.61. The molecule has 1 N–H and O–H groups in total. The smallest absolute Gasteiger partial charge is 0.254 e. The highest BCUT2D eigenvalue weighted by atomic mass is 32.2. The summed E-state index contributed by atoms with van der Waals surface area (Å²) in [6, 6.07) is 1.56. The monoisotopic (exact) mass is 325 g/mol. The first kappa shape index (κ1) is 17.0. The largest absolute Gasteiger partial charge is 0.395 e. The van der Waals surface area contributed by atoms with Crippen molar-refractivity contribution in [1.82, 2.24) is 14.5 Å². The number of aromatic nitrogens is 2. The van der Waals surface area contributed by atoms with E-state index in [0.717, 1.165) is 5.69 Å². The molecule has 0 spiro atoms. The standard InChI is InChI=1S/C15H23N3O3S/c1-15(2,3)11-7-12(20)18-8-10(9-22-14(18)16-11)13(21)17(4)5-6-19/h7,10,19H,5-6,8-9H2,1-4H3. The predicted octanol–water partition coefficient (Wildman–Crippen LogP) is 0.713. The molecule has 0 radical (unpaired) electrons. The van der Waals surface area contributed by atoms with Gasteiger partial charge in [0, 0.05) is 37.4 Å². The summed E-state index contributed by atoms with van der Waals surface area (Å²) in [6.07, 6.45) is 0. The van der Waals surface area contributed by atoms with E-state index >= 15 is 0 Å². The number of thioether (sulfide) groups is 1. The molecule has 0 aliphatic carbocycles. The second-order valence-corrected chi connectivity index (χ2v) is 7.60. The van der Waals surface area contributed by atoms with Gasteiger partial charge in [-0.25, -0.2) is 4.98 Å². The van der Waals surface area contributed by atoms with Crippen LogP contribution in [0, 0.1) is 5.92 Å². The van der Waals surface area contributed by atoms with Gasteiger partial charge in [0.2, 0.25) is 5.91 Å². The van der Waals surface area contributed by atoms with Gasteiger partial charge in [-0.3, -0.25) is 14.2 Å². The van der Waals surface area contributed by atoms with Crippen molar-refractivity contribution in [2.75, 3.05) is 26.0 Å². The second kappa shape index (κ2) is 6.42. The first-order valence-corrected chi connectivity index (χ1v) is 8.33. The average molecular weight is 325 g/mol. The lowest BCUT2D eigenvalue weighted by atomic mass is 9.92. The van der Waals surface area contributed by atoms with E-state index < -0.39 is 0 Å². The summed E-state index contributed by atoms with van der Waals surface area (Å²) in [7, 11) is 1.67. The van der Waals surface area contributed by atoms with Gasteiger partial charge < -0.3 is 10.0 Å². The molecular formula is C15H23N3O3S. The third-order valence-corrected chi connectivity index (χ3v) is 4.86. The van der Waals surface area contributed by atoms with E-state index in [1.807, 2.05) is 20.8 Å². The molecule has 6 nitrogen and oxygen atoms in total. The fourth-order valence-electron chi connectivity index (χ4n) is 2.32. The van der Waals surface area contributed by atoms with Gasteiger partial charge in [0.25, 0.3) is 5.56 Å². The molecule has 1 amide bonds. The minimum Gasteiger partial charge on any atom is -0.395 e. The Kier molecular flexibility index (Phi) is 4.97.